The van der Waals surface area contributed by atoms with Crippen LogP contribution in [0.1, 0.15) is 20.8 Å². The third-order valence-corrected chi connectivity index (χ3v) is 3.55. The van der Waals surface area contributed by atoms with Crippen molar-refractivity contribution in [3.05, 3.63) is 30.3 Å². The number of rotatable bonds is 5. The highest BCUT2D eigenvalue weighted by Gasteiger charge is 2.22. The molecule has 1 aromatic heterocycles. The van der Waals surface area contributed by atoms with Crippen molar-refractivity contribution in [2.24, 2.45) is 0 Å². The maximum Gasteiger partial charge on any atom is 0.323 e. The van der Waals surface area contributed by atoms with Crippen LogP contribution in [0, 0.1) is 0 Å². The zero-order valence-electron chi connectivity index (χ0n) is 12.9. The van der Waals surface area contributed by atoms with E-state index < -0.39 is 5.60 Å². The van der Waals surface area contributed by atoms with Crippen molar-refractivity contribution in [1.29, 1.82) is 0 Å². The van der Waals surface area contributed by atoms with Gasteiger partial charge in [0.25, 0.3) is 0 Å². The van der Waals surface area contributed by atoms with Crippen molar-refractivity contribution in [1.82, 2.24) is 14.3 Å². The molecular formula is C15H20N4O2S. The summed E-state index contributed by atoms with van der Waals surface area (Å²) in [4.78, 5) is 18.1. The van der Waals surface area contributed by atoms with Gasteiger partial charge in [0, 0.05) is 23.6 Å². The van der Waals surface area contributed by atoms with Gasteiger partial charge in [0.2, 0.25) is 5.13 Å². The van der Waals surface area contributed by atoms with E-state index in [0.29, 0.717) is 17.5 Å². The van der Waals surface area contributed by atoms with Gasteiger partial charge in [-0.15, -0.1) is 0 Å². The maximum atomic E-state index is 12.2. The van der Waals surface area contributed by atoms with Crippen LogP contribution in [0.25, 0.3) is 11.4 Å². The van der Waals surface area contributed by atoms with Crippen LogP contribution in [0.2, 0.25) is 0 Å². The molecule has 7 heteroatoms. The van der Waals surface area contributed by atoms with Crippen LogP contribution >= 0.6 is 11.5 Å². The molecule has 2 aromatic rings. The van der Waals surface area contributed by atoms with E-state index in [0.717, 1.165) is 17.1 Å². The lowest BCUT2D eigenvalue weighted by atomic mass is 10.1. The number of carbonyl (C=O) groups excluding carboxylic acids is 1. The Morgan fingerprint density at radius 1 is 1.36 bits per heavy atom. The lowest BCUT2D eigenvalue weighted by Gasteiger charge is -2.27. The van der Waals surface area contributed by atoms with Crippen LogP contribution in [-0.2, 0) is 0 Å². The molecule has 0 saturated carbocycles. The first-order valence-corrected chi connectivity index (χ1v) is 7.84. The third-order valence-electron chi connectivity index (χ3n) is 2.92. The molecule has 22 heavy (non-hydrogen) atoms. The largest absolute Gasteiger partial charge is 0.389 e. The molecule has 0 fully saturated rings. The Labute approximate surface area is 134 Å². The molecule has 2 amide bonds. The molecule has 6 nitrogen and oxygen atoms in total. The van der Waals surface area contributed by atoms with Crippen LogP contribution in [0.5, 0.6) is 0 Å². The Kier molecular flexibility index (Phi) is 5.10. The molecule has 0 aliphatic heterocycles. The number of hydrogen-bond donors (Lipinski definition) is 2. The predicted octanol–water partition coefficient (Wildman–Crippen LogP) is 2.83. The first-order valence-electron chi connectivity index (χ1n) is 7.06. The number of aliphatic hydroxyl groups is 1. The average molecular weight is 320 g/mol. The van der Waals surface area contributed by atoms with Crippen molar-refractivity contribution in [3.8, 4) is 11.4 Å². The maximum absolute atomic E-state index is 12.2. The van der Waals surface area contributed by atoms with Crippen molar-refractivity contribution in [2.75, 3.05) is 18.4 Å². The predicted molar refractivity (Wildman–Crippen MR) is 87.9 cm³/mol. The summed E-state index contributed by atoms with van der Waals surface area (Å²) < 4.78 is 4.25. The molecule has 0 unspecified atom stereocenters. The average Bonchev–Trinajstić information content (AvgIpc) is 2.93. The topological polar surface area (TPSA) is 78.4 Å². The highest BCUT2D eigenvalue weighted by Crippen LogP contribution is 2.21. The molecule has 0 spiro atoms. The van der Waals surface area contributed by atoms with Gasteiger partial charge in [-0.2, -0.15) is 9.36 Å². The Bertz CT molecular complexity index is 622. The zero-order valence-corrected chi connectivity index (χ0v) is 13.7. The van der Waals surface area contributed by atoms with E-state index in [1.54, 1.807) is 13.8 Å². The van der Waals surface area contributed by atoms with Gasteiger partial charge < -0.3 is 10.0 Å². The molecule has 0 atom stereocenters. The molecule has 2 rings (SSSR count). The second kappa shape index (κ2) is 6.85. The lowest BCUT2D eigenvalue weighted by Crippen LogP contribution is -2.44. The minimum absolute atomic E-state index is 0.250. The molecule has 1 aromatic carbocycles. The molecule has 0 saturated heterocycles. The van der Waals surface area contributed by atoms with Crippen molar-refractivity contribution in [3.63, 3.8) is 0 Å². The Morgan fingerprint density at radius 2 is 2.05 bits per heavy atom. The molecule has 118 valence electrons. The molecule has 0 aliphatic carbocycles. The second-order valence-electron chi connectivity index (χ2n) is 5.55. The summed E-state index contributed by atoms with van der Waals surface area (Å²) in [7, 11) is 0. The van der Waals surface area contributed by atoms with E-state index >= 15 is 0 Å². The smallest absolute Gasteiger partial charge is 0.323 e. The molecule has 0 radical (unpaired) electrons. The highest BCUT2D eigenvalue weighted by atomic mass is 32.1. The minimum Gasteiger partial charge on any atom is -0.389 e. The highest BCUT2D eigenvalue weighted by molar-refractivity contribution is 7.10. The van der Waals surface area contributed by atoms with Gasteiger partial charge in [-0.3, -0.25) is 5.32 Å². The molecule has 0 aliphatic rings. The number of urea groups is 1. The van der Waals surface area contributed by atoms with Gasteiger partial charge in [0.05, 0.1) is 12.1 Å². The number of nitrogens with one attached hydrogen (secondary N) is 1. The molecule has 0 bridgehead atoms. The summed E-state index contributed by atoms with van der Waals surface area (Å²) >= 11 is 1.14. The van der Waals surface area contributed by atoms with Gasteiger partial charge in [0.1, 0.15) is 0 Å². The summed E-state index contributed by atoms with van der Waals surface area (Å²) in [5.74, 6) is 0.589. The van der Waals surface area contributed by atoms with E-state index in [-0.39, 0.29) is 12.6 Å². The van der Waals surface area contributed by atoms with E-state index in [1.807, 2.05) is 37.3 Å². The van der Waals surface area contributed by atoms with Crippen LogP contribution in [0.3, 0.4) is 0 Å². The standard InChI is InChI=1S/C15H20N4O2S/c1-4-19(10-15(2,3)21)14(20)17-13-16-12(18-22-13)11-8-6-5-7-9-11/h5-9,21H,4,10H2,1-3H3,(H,16,17,18,20). The Hall–Kier alpha value is -1.99. The van der Waals surface area contributed by atoms with Crippen LogP contribution in [-0.4, -0.2) is 44.1 Å². The third kappa shape index (κ3) is 4.51. The number of carbonyl (C=O) groups is 1. The number of anilines is 1. The fourth-order valence-corrected chi connectivity index (χ4v) is 2.52. The molecular weight excluding hydrogens is 300 g/mol. The number of nitrogens with zero attached hydrogens (tertiary/aromatic N) is 3. The quantitative estimate of drug-likeness (QED) is 0.888. The Balaban J connectivity index is 2.04. The van der Waals surface area contributed by atoms with Crippen LogP contribution in [0.4, 0.5) is 9.93 Å². The van der Waals surface area contributed by atoms with E-state index in [9.17, 15) is 9.90 Å². The Morgan fingerprint density at radius 3 is 2.64 bits per heavy atom. The van der Waals surface area contributed by atoms with Gasteiger partial charge in [0.15, 0.2) is 5.82 Å². The summed E-state index contributed by atoms with van der Waals surface area (Å²) in [5.41, 5.74) is -0.0352. The van der Waals surface area contributed by atoms with Crippen molar-refractivity contribution in [2.45, 2.75) is 26.4 Å². The first-order chi connectivity index (χ1) is 10.4. The lowest BCUT2D eigenvalue weighted by molar-refractivity contribution is 0.0501. The fraction of sp³-hybridized carbons (Fsp3) is 0.400. The number of likely N-dealkylation sites (N-methyl/N-ethyl adjacent to an activating group) is 1. The van der Waals surface area contributed by atoms with Gasteiger partial charge in [-0.25, -0.2) is 4.79 Å². The number of amides is 2. The number of benzene rings is 1. The monoisotopic (exact) mass is 320 g/mol. The summed E-state index contributed by atoms with van der Waals surface area (Å²) in [6, 6.07) is 9.29. The summed E-state index contributed by atoms with van der Waals surface area (Å²) in [6.45, 7) is 5.95. The number of hydrogen-bond acceptors (Lipinski definition) is 5. The molecule has 2 N–H and O–H groups in total. The summed E-state index contributed by atoms with van der Waals surface area (Å²) in [5, 5.41) is 13.0. The second-order valence-corrected chi connectivity index (χ2v) is 6.30. The summed E-state index contributed by atoms with van der Waals surface area (Å²) in [6.07, 6.45) is 0. The fourth-order valence-electron chi connectivity index (χ4n) is 1.94. The van der Waals surface area contributed by atoms with Crippen molar-refractivity contribution < 1.29 is 9.90 Å². The van der Waals surface area contributed by atoms with E-state index in [1.165, 1.54) is 4.90 Å². The number of aromatic nitrogens is 2. The van der Waals surface area contributed by atoms with Gasteiger partial charge in [-0.05, 0) is 20.8 Å². The SMILES string of the molecule is CCN(CC(C)(C)O)C(=O)Nc1nc(-c2ccccc2)ns1. The van der Waals surface area contributed by atoms with Crippen LogP contribution in [0.15, 0.2) is 30.3 Å². The molecule has 1 heterocycles. The minimum atomic E-state index is -0.941. The van der Waals surface area contributed by atoms with Gasteiger partial charge >= 0.3 is 6.03 Å². The zero-order chi connectivity index (χ0) is 16.2. The van der Waals surface area contributed by atoms with Crippen LogP contribution < -0.4 is 5.32 Å². The van der Waals surface area contributed by atoms with Gasteiger partial charge in [-0.1, -0.05) is 30.3 Å². The normalized spacial score (nSPS) is 11.3. The first kappa shape index (κ1) is 16.4. The van der Waals surface area contributed by atoms with E-state index in [2.05, 4.69) is 14.7 Å². The van der Waals surface area contributed by atoms with Crippen molar-refractivity contribution >= 4 is 22.7 Å². The van der Waals surface area contributed by atoms with E-state index in [4.69, 9.17) is 0 Å².